The van der Waals surface area contributed by atoms with Gasteiger partial charge in [-0.2, -0.15) is 0 Å². The van der Waals surface area contributed by atoms with Gasteiger partial charge in [-0.05, 0) is 37.0 Å². The first-order valence-electron chi connectivity index (χ1n) is 9.58. The molecule has 3 rings (SSSR count). The third-order valence-corrected chi connectivity index (χ3v) is 4.78. The summed E-state index contributed by atoms with van der Waals surface area (Å²) in [5.74, 6) is 0.611. The second kappa shape index (κ2) is 9.78. The number of nitrogens with zero attached hydrogens (tertiary/aromatic N) is 1. The average Bonchev–Trinajstić information content (AvgIpc) is 2.77. The summed E-state index contributed by atoms with van der Waals surface area (Å²) >= 11 is 0. The predicted octanol–water partition coefficient (Wildman–Crippen LogP) is 2.94. The SMILES string of the molecule is COc1ccccc1OCC(=O)N[C@H](C(=O)N1CCCCC1)c1ccccc1. The highest BCUT2D eigenvalue weighted by molar-refractivity contribution is 5.89. The van der Waals surface area contributed by atoms with Crippen LogP contribution >= 0.6 is 0 Å². The van der Waals surface area contributed by atoms with Gasteiger partial charge in [-0.15, -0.1) is 0 Å². The van der Waals surface area contributed by atoms with Crippen LogP contribution in [0.2, 0.25) is 0 Å². The lowest BCUT2D eigenvalue weighted by Gasteiger charge is -2.31. The number of para-hydroxylation sites is 2. The molecule has 0 radical (unpaired) electrons. The Hall–Kier alpha value is -3.02. The number of carbonyl (C=O) groups excluding carboxylic acids is 2. The number of nitrogens with one attached hydrogen (secondary N) is 1. The average molecular weight is 382 g/mol. The maximum atomic E-state index is 13.1. The van der Waals surface area contributed by atoms with Crippen molar-refractivity contribution >= 4 is 11.8 Å². The summed E-state index contributed by atoms with van der Waals surface area (Å²) in [7, 11) is 1.55. The van der Waals surface area contributed by atoms with E-state index >= 15 is 0 Å². The maximum absolute atomic E-state index is 13.1. The van der Waals surface area contributed by atoms with Gasteiger partial charge >= 0.3 is 0 Å². The van der Waals surface area contributed by atoms with Gasteiger partial charge in [0, 0.05) is 13.1 Å². The molecule has 148 valence electrons. The van der Waals surface area contributed by atoms with Crippen molar-refractivity contribution in [1.29, 1.82) is 0 Å². The van der Waals surface area contributed by atoms with Crippen LogP contribution in [0.4, 0.5) is 0 Å². The smallest absolute Gasteiger partial charge is 0.258 e. The fourth-order valence-corrected chi connectivity index (χ4v) is 3.31. The van der Waals surface area contributed by atoms with Crippen molar-refractivity contribution in [2.45, 2.75) is 25.3 Å². The Labute approximate surface area is 165 Å². The Balaban J connectivity index is 1.68. The Morgan fingerprint density at radius 2 is 1.61 bits per heavy atom. The van der Waals surface area contributed by atoms with Crippen LogP contribution in [0.15, 0.2) is 54.6 Å². The van der Waals surface area contributed by atoms with Crippen LogP contribution < -0.4 is 14.8 Å². The van der Waals surface area contributed by atoms with Gasteiger partial charge in [0.1, 0.15) is 6.04 Å². The molecule has 6 heteroatoms. The Kier molecular flexibility index (Phi) is 6.89. The molecule has 1 fully saturated rings. The second-order valence-electron chi connectivity index (χ2n) is 6.74. The van der Waals surface area contributed by atoms with E-state index in [-0.39, 0.29) is 18.4 Å². The highest BCUT2D eigenvalue weighted by Gasteiger charge is 2.28. The molecule has 1 heterocycles. The summed E-state index contributed by atoms with van der Waals surface area (Å²) in [5.41, 5.74) is 0.767. The number of amides is 2. The van der Waals surface area contributed by atoms with E-state index in [1.54, 1.807) is 19.2 Å². The van der Waals surface area contributed by atoms with Gasteiger partial charge in [0.2, 0.25) is 5.91 Å². The lowest BCUT2D eigenvalue weighted by Crippen LogP contribution is -2.45. The van der Waals surface area contributed by atoms with Crippen molar-refractivity contribution in [1.82, 2.24) is 10.2 Å². The number of likely N-dealkylation sites (tertiary alicyclic amines) is 1. The molecule has 1 atom stereocenters. The first kappa shape index (κ1) is 19.7. The third kappa shape index (κ3) is 5.03. The molecule has 1 aliphatic rings. The Morgan fingerprint density at radius 3 is 2.29 bits per heavy atom. The van der Waals surface area contributed by atoms with E-state index in [1.165, 1.54) is 0 Å². The van der Waals surface area contributed by atoms with Gasteiger partial charge in [-0.3, -0.25) is 9.59 Å². The molecule has 1 aliphatic heterocycles. The van der Waals surface area contributed by atoms with E-state index in [2.05, 4.69) is 5.32 Å². The molecule has 0 unspecified atom stereocenters. The molecule has 0 aromatic heterocycles. The lowest BCUT2D eigenvalue weighted by molar-refractivity contribution is -0.137. The van der Waals surface area contributed by atoms with Crippen LogP contribution in [0.5, 0.6) is 11.5 Å². The molecule has 0 aliphatic carbocycles. The van der Waals surface area contributed by atoms with E-state index < -0.39 is 6.04 Å². The van der Waals surface area contributed by atoms with Crippen molar-refractivity contribution in [3.8, 4) is 11.5 Å². The minimum Gasteiger partial charge on any atom is -0.493 e. The summed E-state index contributed by atoms with van der Waals surface area (Å²) in [6.07, 6.45) is 3.13. The largest absolute Gasteiger partial charge is 0.493 e. The lowest BCUT2D eigenvalue weighted by atomic mass is 10.0. The molecule has 2 aromatic carbocycles. The van der Waals surface area contributed by atoms with Crippen LogP contribution in [-0.4, -0.2) is 43.5 Å². The zero-order valence-electron chi connectivity index (χ0n) is 16.1. The fourth-order valence-electron chi connectivity index (χ4n) is 3.31. The highest BCUT2D eigenvalue weighted by atomic mass is 16.5. The highest BCUT2D eigenvalue weighted by Crippen LogP contribution is 2.25. The normalized spacial score (nSPS) is 14.8. The molecule has 0 saturated carbocycles. The number of methoxy groups -OCH3 is 1. The van der Waals surface area contributed by atoms with E-state index in [0.29, 0.717) is 11.5 Å². The number of rotatable bonds is 7. The van der Waals surface area contributed by atoms with Crippen LogP contribution in [0.1, 0.15) is 30.9 Å². The molecule has 2 aromatic rings. The third-order valence-electron chi connectivity index (χ3n) is 4.78. The number of ether oxygens (including phenoxy) is 2. The van der Waals surface area contributed by atoms with Crippen molar-refractivity contribution in [2.75, 3.05) is 26.8 Å². The molecule has 6 nitrogen and oxygen atoms in total. The number of carbonyl (C=O) groups is 2. The maximum Gasteiger partial charge on any atom is 0.258 e. The molecule has 0 spiro atoms. The predicted molar refractivity (Wildman–Crippen MR) is 106 cm³/mol. The van der Waals surface area contributed by atoms with E-state index in [0.717, 1.165) is 37.9 Å². The van der Waals surface area contributed by atoms with E-state index in [4.69, 9.17) is 9.47 Å². The first-order chi connectivity index (χ1) is 13.7. The minimum absolute atomic E-state index is 0.0726. The van der Waals surface area contributed by atoms with Gasteiger partial charge in [-0.1, -0.05) is 42.5 Å². The van der Waals surface area contributed by atoms with E-state index in [9.17, 15) is 9.59 Å². The molecule has 1 N–H and O–H groups in total. The summed E-state index contributed by atoms with van der Waals surface area (Å²) in [6, 6.07) is 15.7. The number of hydrogen-bond donors (Lipinski definition) is 1. The van der Waals surface area contributed by atoms with Gasteiger partial charge in [0.25, 0.3) is 5.91 Å². The second-order valence-corrected chi connectivity index (χ2v) is 6.74. The summed E-state index contributed by atoms with van der Waals surface area (Å²) in [4.78, 5) is 27.4. The van der Waals surface area contributed by atoms with Gasteiger partial charge in [-0.25, -0.2) is 0 Å². The Morgan fingerprint density at radius 1 is 0.964 bits per heavy atom. The number of hydrogen-bond acceptors (Lipinski definition) is 4. The van der Waals surface area contributed by atoms with Crippen LogP contribution in [-0.2, 0) is 9.59 Å². The van der Waals surface area contributed by atoms with Gasteiger partial charge in [0.05, 0.1) is 7.11 Å². The monoisotopic (exact) mass is 382 g/mol. The quantitative estimate of drug-likeness (QED) is 0.800. The molecular formula is C22H26N2O4. The van der Waals surface area contributed by atoms with Crippen molar-refractivity contribution in [2.24, 2.45) is 0 Å². The number of piperidine rings is 1. The molecule has 2 amide bonds. The van der Waals surface area contributed by atoms with Crippen LogP contribution in [0.3, 0.4) is 0 Å². The van der Waals surface area contributed by atoms with Crippen LogP contribution in [0, 0.1) is 0 Å². The molecule has 1 saturated heterocycles. The fraction of sp³-hybridized carbons (Fsp3) is 0.364. The van der Waals surface area contributed by atoms with Crippen molar-refractivity contribution in [3.05, 3.63) is 60.2 Å². The van der Waals surface area contributed by atoms with Crippen LogP contribution in [0.25, 0.3) is 0 Å². The van der Waals surface area contributed by atoms with Gasteiger partial charge in [0.15, 0.2) is 18.1 Å². The zero-order valence-corrected chi connectivity index (χ0v) is 16.1. The van der Waals surface area contributed by atoms with Crippen molar-refractivity contribution in [3.63, 3.8) is 0 Å². The zero-order chi connectivity index (χ0) is 19.8. The minimum atomic E-state index is -0.715. The van der Waals surface area contributed by atoms with Gasteiger partial charge < -0.3 is 19.7 Å². The van der Waals surface area contributed by atoms with Crippen molar-refractivity contribution < 1.29 is 19.1 Å². The first-order valence-corrected chi connectivity index (χ1v) is 9.58. The topological polar surface area (TPSA) is 67.9 Å². The summed E-state index contributed by atoms with van der Waals surface area (Å²) in [6.45, 7) is 1.27. The number of benzene rings is 2. The summed E-state index contributed by atoms with van der Waals surface area (Å²) in [5, 5.41) is 2.84. The molecular weight excluding hydrogens is 356 g/mol. The molecule has 28 heavy (non-hydrogen) atoms. The standard InChI is InChI=1S/C22H26N2O4/c1-27-18-12-6-7-13-19(18)28-16-20(25)23-21(17-10-4-2-5-11-17)22(26)24-14-8-3-9-15-24/h2,4-7,10-13,21H,3,8-9,14-16H2,1H3,(H,23,25)/t21-/m0/s1. The molecule has 0 bridgehead atoms. The van der Waals surface area contributed by atoms with E-state index in [1.807, 2.05) is 47.4 Å². The summed E-state index contributed by atoms with van der Waals surface area (Å²) < 4.78 is 10.8. The Bertz CT molecular complexity index is 788.